The Morgan fingerprint density at radius 2 is 1.61 bits per heavy atom. The van der Waals surface area contributed by atoms with Crippen molar-refractivity contribution in [1.82, 2.24) is 5.32 Å². The second-order valence-electron chi connectivity index (χ2n) is 6.60. The van der Waals surface area contributed by atoms with Gasteiger partial charge in [-0.3, -0.25) is 9.52 Å². The number of aryl methyl sites for hydroxylation is 2. The van der Waals surface area contributed by atoms with Crippen LogP contribution in [0.5, 0.6) is 0 Å². The third-order valence-corrected chi connectivity index (χ3v) is 5.84. The van der Waals surface area contributed by atoms with Crippen LogP contribution in [-0.2, 0) is 16.6 Å². The molecular weight excluding hydrogens is 372 g/mol. The first-order chi connectivity index (χ1) is 13.3. The number of hydrogen-bond acceptors (Lipinski definition) is 3. The molecule has 1 amide bonds. The molecule has 0 fully saturated rings. The average molecular weight is 394 g/mol. The molecular formula is C22H22N2O3S. The van der Waals surface area contributed by atoms with Crippen LogP contribution < -0.4 is 10.0 Å². The number of carbonyl (C=O) groups is 1. The van der Waals surface area contributed by atoms with Crippen LogP contribution in [0.2, 0.25) is 0 Å². The Hall–Kier alpha value is -3.12. The monoisotopic (exact) mass is 394 g/mol. The summed E-state index contributed by atoms with van der Waals surface area (Å²) in [6.45, 7) is 4.26. The Morgan fingerprint density at radius 3 is 2.32 bits per heavy atom. The largest absolute Gasteiger partial charge is 0.348 e. The standard InChI is InChI=1S/C22H22N2O3S/c1-16-11-12-20(13-17(16)2)24-28(26,27)21-10-6-9-19(14-21)22(25)23-15-18-7-4-3-5-8-18/h3-14,24H,15H2,1-2H3,(H,23,25). The first kappa shape index (κ1) is 19.6. The van der Waals surface area contributed by atoms with Crippen LogP contribution in [0.4, 0.5) is 5.69 Å². The zero-order valence-electron chi connectivity index (χ0n) is 15.8. The van der Waals surface area contributed by atoms with Gasteiger partial charge in [0.05, 0.1) is 4.90 Å². The lowest BCUT2D eigenvalue weighted by Gasteiger charge is -2.11. The van der Waals surface area contributed by atoms with Crippen LogP contribution in [0.1, 0.15) is 27.0 Å². The van der Waals surface area contributed by atoms with Crippen LogP contribution in [-0.4, -0.2) is 14.3 Å². The van der Waals surface area contributed by atoms with Crippen molar-refractivity contribution >= 4 is 21.6 Å². The predicted molar refractivity (Wildman–Crippen MR) is 111 cm³/mol. The van der Waals surface area contributed by atoms with E-state index in [4.69, 9.17) is 0 Å². The van der Waals surface area contributed by atoms with Gasteiger partial charge in [-0.25, -0.2) is 8.42 Å². The highest BCUT2D eigenvalue weighted by Gasteiger charge is 2.17. The van der Waals surface area contributed by atoms with E-state index >= 15 is 0 Å². The van der Waals surface area contributed by atoms with Gasteiger partial charge >= 0.3 is 0 Å². The minimum absolute atomic E-state index is 0.0399. The summed E-state index contributed by atoms with van der Waals surface area (Å²) in [6, 6.07) is 20.9. The van der Waals surface area contributed by atoms with Crippen LogP contribution in [0.3, 0.4) is 0 Å². The fourth-order valence-corrected chi connectivity index (χ4v) is 3.80. The highest BCUT2D eigenvalue weighted by molar-refractivity contribution is 7.92. The van der Waals surface area contributed by atoms with Crippen molar-refractivity contribution < 1.29 is 13.2 Å². The quantitative estimate of drug-likeness (QED) is 0.663. The lowest BCUT2D eigenvalue weighted by Crippen LogP contribution is -2.23. The molecule has 0 saturated carbocycles. The van der Waals surface area contributed by atoms with Crippen LogP contribution in [0.15, 0.2) is 77.7 Å². The minimum Gasteiger partial charge on any atom is -0.348 e. The number of carbonyl (C=O) groups excluding carboxylic acids is 1. The number of anilines is 1. The van der Waals surface area contributed by atoms with E-state index in [-0.39, 0.29) is 10.8 Å². The van der Waals surface area contributed by atoms with Crippen molar-refractivity contribution in [3.63, 3.8) is 0 Å². The summed E-state index contributed by atoms with van der Waals surface area (Å²) in [5.74, 6) is -0.327. The van der Waals surface area contributed by atoms with Crippen molar-refractivity contribution in [3.05, 3.63) is 95.1 Å². The minimum atomic E-state index is -3.80. The molecule has 0 aliphatic heterocycles. The van der Waals surface area contributed by atoms with E-state index in [0.29, 0.717) is 17.8 Å². The van der Waals surface area contributed by atoms with E-state index in [1.165, 1.54) is 12.1 Å². The third-order valence-electron chi connectivity index (χ3n) is 4.46. The molecule has 6 heteroatoms. The van der Waals surface area contributed by atoms with Gasteiger partial charge in [-0.1, -0.05) is 42.5 Å². The molecule has 5 nitrogen and oxygen atoms in total. The normalized spacial score (nSPS) is 11.1. The summed E-state index contributed by atoms with van der Waals surface area (Å²) in [5, 5.41) is 2.80. The predicted octanol–water partition coefficient (Wildman–Crippen LogP) is 4.03. The highest BCUT2D eigenvalue weighted by atomic mass is 32.2. The fourth-order valence-electron chi connectivity index (χ4n) is 2.70. The van der Waals surface area contributed by atoms with Gasteiger partial charge in [0.25, 0.3) is 15.9 Å². The van der Waals surface area contributed by atoms with Crippen molar-refractivity contribution in [2.45, 2.75) is 25.3 Å². The van der Waals surface area contributed by atoms with Crippen molar-refractivity contribution in [3.8, 4) is 0 Å². The molecule has 0 bridgehead atoms. The number of amides is 1. The molecule has 2 N–H and O–H groups in total. The van der Waals surface area contributed by atoms with E-state index in [9.17, 15) is 13.2 Å². The van der Waals surface area contributed by atoms with E-state index < -0.39 is 10.0 Å². The van der Waals surface area contributed by atoms with Gasteiger partial charge in [0, 0.05) is 17.8 Å². The molecule has 0 heterocycles. The number of hydrogen-bond donors (Lipinski definition) is 2. The van der Waals surface area contributed by atoms with Gasteiger partial charge in [-0.05, 0) is 60.9 Å². The molecule has 28 heavy (non-hydrogen) atoms. The van der Waals surface area contributed by atoms with Gasteiger partial charge in [0.2, 0.25) is 0 Å². The lowest BCUT2D eigenvalue weighted by atomic mass is 10.1. The zero-order chi connectivity index (χ0) is 20.1. The second kappa shape index (κ2) is 8.27. The molecule has 144 valence electrons. The van der Waals surface area contributed by atoms with Gasteiger partial charge in [0.15, 0.2) is 0 Å². The van der Waals surface area contributed by atoms with E-state index in [1.807, 2.05) is 50.2 Å². The number of benzene rings is 3. The van der Waals surface area contributed by atoms with Crippen molar-refractivity contribution in [1.29, 1.82) is 0 Å². The van der Waals surface area contributed by atoms with Gasteiger partial charge < -0.3 is 5.32 Å². The summed E-state index contributed by atoms with van der Waals surface area (Å²) in [6.07, 6.45) is 0. The number of sulfonamides is 1. The molecule has 3 aromatic rings. The van der Waals surface area contributed by atoms with Gasteiger partial charge in [0.1, 0.15) is 0 Å². The Labute approximate surface area is 165 Å². The van der Waals surface area contributed by atoms with Crippen LogP contribution in [0, 0.1) is 13.8 Å². The Bertz CT molecular complexity index is 1090. The average Bonchev–Trinajstić information content (AvgIpc) is 2.69. The maximum absolute atomic E-state index is 12.7. The highest BCUT2D eigenvalue weighted by Crippen LogP contribution is 2.20. The van der Waals surface area contributed by atoms with Gasteiger partial charge in [-0.2, -0.15) is 0 Å². The molecule has 0 saturated heterocycles. The Balaban J connectivity index is 1.75. The Morgan fingerprint density at radius 1 is 0.857 bits per heavy atom. The van der Waals surface area contributed by atoms with Crippen molar-refractivity contribution in [2.75, 3.05) is 4.72 Å². The van der Waals surface area contributed by atoms with Crippen molar-refractivity contribution in [2.24, 2.45) is 0 Å². The fraction of sp³-hybridized carbons (Fsp3) is 0.136. The molecule has 0 spiro atoms. The SMILES string of the molecule is Cc1ccc(NS(=O)(=O)c2cccc(C(=O)NCc3ccccc3)c2)cc1C. The maximum atomic E-state index is 12.7. The number of rotatable bonds is 6. The molecule has 0 atom stereocenters. The van der Waals surface area contributed by atoms with E-state index in [2.05, 4.69) is 10.0 Å². The first-order valence-corrected chi connectivity index (χ1v) is 10.4. The van der Waals surface area contributed by atoms with Gasteiger partial charge in [-0.15, -0.1) is 0 Å². The van der Waals surface area contributed by atoms with E-state index in [1.54, 1.807) is 24.3 Å². The maximum Gasteiger partial charge on any atom is 0.261 e. The molecule has 0 aliphatic carbocycles. The summed E-state index contributed by atoms with van der Waals surface area (Å²) in [7, 11) is -3.80. The third kappa shape index (κ3) is 4.78. The smallest absolute Gasteiger partial charge is 0.261 e. The molecule has 3 aromatic carbocycles. The summed E-state index contributed by atoms with van der Waals surface area (Å²) in [4.78, 5) is 12.5. The topological polar surface area (TPSA) is 75.3 Å². The number of nitrogens with one attached hydrogen (secondary N) is 2. The Kier molecular flexibility index (Phi) is 5.80. The molecule has 0 radical (unpaired) electrons. The molecule has 0 aliphatic rings. The summed E-state index contributed by atoms with van der Waals surface area (Å²) in [5.41, 5.74) is 3.83. The van der Waals surface area contributed by atoms with Crippen LogP contribution >= 0.6 is 0 Å². The molecule has 0 unspecified atom stereocenters. The molecule has 3 rings (SSSR count). The van der Waals surface area contributed by atoms with Crippen LogP contribution in [0.25, 0.3) is 0 Å². The zero-order valence-corrected chi connectivity index (χ0v) is 16.6. The van der Waals surface area contributed by atoms with E-state index in [0.717, 1.165) is 16.7 Å². The molecule has 0 aromatic heterocycles. The second-order valence-corrected chi connectivity index (χ2v) is 8.28. The summed E-state index contributed by atoms with van der Waals surface area (Å²) < 4.78 is 28.0. The lowest BCUT2D eigenvalue weighted by molar-refractivity contribution is 0.0950. The summed E-state index contributed by atoms with van der Waals surface area (Å²) >= 11 is 0. The first-order valence-electron chi connectivity index (χ1n) is 8.87.